The Morgan fingerprint density at radius 2 is 1.53 bits per heavy atom. The van der Waals surface area contributed by atoms with Crippen molar-refractivity contribution in [2.45, 2.75) is 52.4 Å². The molecule has 96 valence electrons. The molecule has 0 nitrogen and oxygen atoms in total. The van der Waals surface area contributed by atoms with Gasteiger partial charge in [-0.05, 0) is 37.4 Å². The fraction of sp³-hybridized carbons (Fsp3) is 0.571. The summed E-state index contributed by atoms with van der Waals surface area (Å²) in [5.74, 6) is -0.744. The van der Waals surface area contributed by atoms with Gasteiger partial charge in [0.1, 0.15) is 0 Å². The maximum absolute atomic E-state index is 6.26. The first-order valence-electron chi connectivity index (χ1n) is 5.80. The first kappa shape index (κ1) is 15.5. The van der Waals surface area contributed by atoms with Gasteiger partial charge in [0.05, 0.1) is 5.98 Å². The van der Waals surface area contributed by atoms with Crippen LogP contribution in [0.1, 0.15) is 52.7 Å². The van der Waals surface area contributed by atoms with Crippen LogP contribution in [0.4, 0.5) is 0 Å². The first-order chi connectivity index (χ1) is 7.53. The molecule has 0 aromatic heterocycles. The molecule has 17 heavy (non-hydrogen) atoms. The average Bonchev–Trinajstić information content (AvgIpc) is 2.14. The van der Waals surface area contributed by atoms with Crippen LogP contribution in [0.15, 0.2) is 18.2 Å². The smallest absolute Gasteiger partial charge is 0.0782 e. The lowest BCUT2D eigenvalue weighted by Crippen LogP contribution is -2.23. The van der Waals surface area contributed by atoms with Crippen molar-refractivity contribution in [3.63, 3.8) is 0 Å². The van der Waals surface area contributed by atoms with E-state index in [4.69, 9.17) is 11.2 Å². The molecule has 1 unspecified atom stereocenters. The predicted molar refractivity (Wildman–Crippen MR) is 85.2 cm³/mol. The predicted octanol–water partition coefficient (Wildman–Crippen LogP) is 5.85. The largest absolute Gasteiger partial charge is 0.0912 e. The van der Waals surface area contributed by atoms with Gasteiger partial charge in [-0.2, -0.15) is 0 Å². The molecule has 0 saturated carbocycles. The molecule has 0 aliphatic heterocycles. The monoisotopic (exact) mass is 334 g/mol. The summed E-state index contributed by atoms with van der Waals surface area (Å²) < 4.78 is 0. The minimum atomic E-state index is -0.744. The van der Waals surface area contributed by atoms with E-state index >= 15 is 0 Å². The van der Waals surface area contributed by atoms with Gasteiger partial charge in [0.25, 0.3) is 0 Å². The molecule has 1 aromatic carbocycles. The Kier molecular flexibility index (Phi) is 4.73. The number of benzene rings is 1. The van der Waals surface area contributed by atoms with Gasteiger partial charge < -0.3 is 0 Å². The van der Waals surface area contributed by atoms with Crippen molar-refractivity contribution in [2.24, 2.45) is 0 Å². The Morgan fingerprint density at radius 3 is 1.88 bits per heavy atom. The molecular weight excluding hydrogens is 314 g/mol. The summed E-state index contributed by atoms with van der Waals surface area (Å²) in [5, 5.41) is 1.24. The third kappa shape index (κ3) is 3.94. The Hall–Kier alpha value is 0.420. The van der Waals surface area contributed by atoms with Crippen LogP contribution in [0.3, 0.4) is 0 Å². The third-order valence-corrected chi connectivity index (χ3v) is 5.30. The van der Waals surface area contributed by atoms with Crippen molar-refractivity contribution >= 4 is 38.0 Å². The van der Waals surface area contributed by atoms with E-state index in [1.807, 2.05) is 0 Å². The Morgan fingerprint density at radius 1 is 1.00 bits per heavy atom. The van der Waals surface area contributed by atoms with Crippen LogP contribution in [0.5, 0.6) is 0 Å². The second-order valence-electron chi connectivity index (χ2n) is 6.46. The molecule has 0 heterocycles. The van der Waals surface area contributed by atoms with Crippen molar-refractivity contribution in [3.05, 3.63) is 29.3 Å². The zero-order valence-corrected chi connectivity index (χ0v) is 14.7. The summed E-state index contributed by atoms with van der Waals surface area (Å²) in [6.45, 7) is 13.4. The zero-order chi connectivity index (χ0) is 13.4. The lowest BCUT2D eigenvalue weighted by atomic mass is 9.81. The summed E-state index contributed by atoms with van der Waals surface area (Å²) in [6, 6.07) is 6.69. The number of hydrogen-bond acceptors (Lipinski definition) is 0. The molecule has 0 amide bonds. The summed E-state index contributed by atoms with van der Waals surface area (Å²) in [4.78, 5) is 0. The molecule has 3 heteroatoms. The second-order valence-corrected chi connectivity index (χ2v) is 11.8. The van der Waals surface area contributed by atoms with Crippen molar-refractivity contribution < 1.29 is 0 Å². The van der Waals surface area contributed by atoms with E-state index < -0.39 is 5.98 Å². The van der Waals surface area contributed by atoms with Crippen LogP contribution in [0, 0.1) is 0 Å². The minimum Gasteiger partial charge on any atom is -0.0782 e. The van der Waals surface area contributed by atoms with Crippen LogP contribution >= 0.6 is 32.7 Å². The standard InChI is InChI=1S/C14H21BrClP/c1-13(2,3)10-7-8-12(17(15)16)11(9-10)14(4,5)6/h7-9H,1-6H3. The topological polar surface area (TPSA) is 0 Å². The van der Waals surface area contributed by atoms with E-state index in [-0.39, 0.29) is 10.8 Å². The summed E-state index contributed by atoms with van der Waals surface area (Å²) in [6.07, 6.45) is 0. The van der Waals surface area contributed by atoms with Crippen molar-refractivity contribution in [1.29, 1.82) is 0 Å². The first-order valence-corrected chi connectivity index (χ1v) is 10.1. The normalized spacial score (nSPS) is 14.8. The number of rotatable bonds is 1. The van der Waals surface area contributed by atoms with Gasteiger partial charge in [0.15, 0.2) is 0 Å². The molecule has 0 N–H and O–H groups in total. The van der Waals surface area contributed by atoms with E-state index in [1.54, 1.807) is 0 Å². The van der Waals surface area contributed by atoms with Gasteiger partial charge in [-0.15, -0.1) is 0 Å². The summed E-state index contributed by atoms with van der Waals surface area (Å²) in [7, 11) is 0. The maximum Gasteiger partial charge on any atom is 0.0912 e. The second kappa shape index (κ2) is 5.19. The summed E-state index contributed by atoms with van der Waals surface area (Å²) in [5.41, 5.74) is 3.02. The molecule has 1 aromatic rings. The van der Waals surface area contributed by atoms with Crippen molar-refractivity contribution in [1.82, 2.24) is 0 Å². The van der Waals surface area contributed by atoms with E-state index in [2.05, 4.69) is 75.2 Å². The molecular formula is C14H21BrClP. The zero-order valence-electron chi connectivity index (χ0n) is 11.4. The van der Waals surface area contributed by atoms with Gasteiger partial charge in [-0.3, -0.25) is 0 Å². The average molecular weight is 336 g/mol. The molecule has 0 aliphatic carbocycles. The lowest BCUT2D eigenvalue weighted by Gasteiger charge is -2.27. The number of hydrogen-bond donors (Lipinski definition) is 0. The van der Waals surface area contributed by atoms with Crippen LogP contribution in [-0.4, -0.2) is 0 Å². The molecule has 0 aliphatic rings. The molecule has 0 bridgehead atoms. The highest BCUT2D eigenvalue weighted by Gasteiger charge is 2.24. The fourth-order valence-corrected chi connectivity index (χ4v) is 3.89. The Labute approximate surface area is 119 Å². The molecule has 0 fully saturated rings. The summed E-state index contributed by atoms with van der Waals surface area (Å²) >= 11 is 9.79. The van der Waals surface area contributed by atoms with E-state index in [1.165, 1.54) is 16.4 Å². The van der Waals surface area contributed by atoms with Crippen LogP contribution in [0.25, 0.3) is 0 Å². The molecule has 0 spiro atoms. The van der Waals surface area contributed by atoms with E-state index in [9.17, 15) is 0 Å². The Balaban J connectivity index is 3.41. The minimum absolute atomic E-state index is 0.125. The quantitative estimate of drug-likeness (QED) is 0.564. The SMILES string of the molecule is CC(C)(C)c1ccc(P(Cl)Br)c(C(C)(C)C)c1. The third-order valence-electron chi connectivity index (χ3n) is 2.85. The number of halogens is 2. The fourth-order valence-electron chi connectivity index (χ4n) is 1.75. The lowest BCUT2D eigenvalue weighted by molar-refractivity contribution is 0.571. The molecule has 1 rings (SSSR count). The van der Waals surface area contributed by atoms with Crippen molar-refractivity contribution in [3.8, 4) is 0 Å². The van der Waals surface area contributed by atoms with Crippen molar-refractivity contribution in [2.75, 3.05) is 0 Å². The molecule has 0 saturated heterocycles. The maximum atomic E-state index is 6.26. The van der Waals surface area contributed by atoms with Crippen LogP contribution in [-0.2, 0) is 10.8 Å². The highest BCUT2D eigenvalue weighted by molar-refractivity contribution is 9.42. The highest BCUT2D eigenvalue weighted by atomic mass is 79.9. The van der Waals surface area contributed by atoms with Gasteiger partial charge in [-0.25, -0.2) is 0 Å². The van der Waals surface area contributed by atoms with Crippen LogP contribution < -0.4 is 5.30 Å². The molecule has 0 radical (unpaired) electrons. The van der Waals surface area contributed by atoms with Gasteiger partial charge in [-0.1, -0.05) is 71.0 Å². The van der Waals surface area contributed by atoms with Crippen LogP contribution in [0.2, 0.25) is 0 Å². The Bertz CT molecular complexity index is 400. The van der Waals surface area contributed by atoms with Gasteiger partial charge >= 0.3 is 0 Å². The highest BCUT2D eigenvalue weighted by Crippen LogP contribution is 2.50. The van der Waals surface area contributed by atoms with Gasteiger partial charge in [0.2, 0.25) is 0 Å². The van der Waals surface area contributed by atoms with Gasteiger partial charge in [0, 0.05) is 5.30 Å². The van der Waals surface area contributed by atoms with E-state index in [0.717, 1.165) is 0 Å². The molecule has 1 atom stereocenters. The van der Waals surface area contributed by atoms with E-state index in [0.29, 0.717) is 0 Å².